The van der Waals surface area contributed by atoms with Crippen molar-refractivity contribution in [3.8, 4) is 21.7 Å². The van der Waals surface area contributed by atoms with Gasteiger partial charge in [-0.3, -0.25) is 0 Å². The second-order valence-electron chi connectivity index (χ2n) is 7.21. The van der Waals surface area contributed by atoms with Crippen LogP contribution >= 0.6 is 23.1 Å². The van der Waals surface area contributed by atoms with E-state index in [4.69, 9.17) is 4.98 Å². The molecule has 0 fully saturated rings. The topological polar surface area (TPSA) is 47.0 Å². The first-order valence-corrected chi connectivity index (χ1v) is 13.3. The first-order chi connectivity index (χ1) is 14.8. The summed E-state index contributed by atoms with van der Waals surface area (Å²) in [6, 6.07) is 21.4. The van der Waals surface area contributed by atoms with Crippen molar-refractivity contribution < 1.29 is 12.8 Å². The number of aryl methyl sites for hydroxylation is 1. The van der Waals surface area contributed by atoms with Crippen LogP contribution in [0.25, 0.3) is 21.7 Å². The summed E-state index contributed by atoms with van der Waals surface area (Å²) in [6.45, 7) is 2.05. The molecule has 0 amide bonds. The molecule has 1 heterocycles. The van der Waals surface area contributed by atoms with Crippen LogP contribution < -0.4 is 0 Å². The van der Waals surface area contributed by atoms with Crippen LogP contribution in [0.2, 0.25) is 0 Å². The molecule has 3 nitrogen and oxygen atoms in total. The van der Waals surface area contributed by atoms with Gasteiger partial charge in [0.05, 0.1) is 15.5 Å². The van der Waals surface area contributed by atoms with Gasteiger partial charge in [0.15, 0.2) is 14.2 Å². The summed E-state index contributed by atoms with van der Waals surface area (Å²) in [4.78, 5) is 5.83. The fraction of sp³-hybridized carbons (Fsp3) is 0.125. The van der Waals surface area contributed by atoms with E-state index in [-0.39, 0.29) is 10.7 Å². The minimum absolute atomic E-state index is 0.261. The molecule has 0 N–H and O–H groups in total. The van der Waals surface area contributed by atoms with Crippen molar-refractivity contribution in [3.05, 3.63) is 89.7 Å². The highest BCUT2D eigenvalue weighted by atomic mass is 32.2. The van der Waals surface area contributed by atoms with Gasteiger partial charge < -0.3 is 0 Å². The van der Waals surface area contributed by atoms with Gasteiger partial charge in [-0.2, -0.15) is 0 Å². The molecule has 4 aromatic rings. The molecule has 7 heteroatoms. The van der Waals surface area contributed by atoms with E-state index < -0.39 is 9.84 Å². The van der Waals surface area contributed by atoms with Crippen LogP contribution in [0.15, 0.2) is 82.0 Å². The summed E-state index contributed by atoms with van der Waals surface area (Å²) in [5, 5.41) is 0. The summed E-state index contributed by atoms with van der Waals surface area (Å²) >= 11 is 3.06. The fourth-order valence-corrected chi connectivity index (χ4v) is 6.28. The van der Waals surface area contributed by atoms with Crippen molar-refractivity contribution >= 4 is 32.9 Å². The predicted octanol–water partition coefficient (Wildman–Crippen LogP) is 6.62. The van der Waals surface area contributed by atoms with E-state index in [1.165, 1.54) is 40.9 Å². The van der Waals surface area contributed by atoms with Crippen molar-refractivity contribution in [1.82, 2.24) is 4.98 Å². The summed E-state index contributed by atoms with van der Waals surface area (Å²) in [7, 11) is -3.43. The normalized spacial score (nSPS) is 11.6. The third kappa shape index (κ3) is 5.06. The maximum Gasteiger partial charge on any atom is 0.176 e. The molecule has 1 aromatic heterocycles. The number of thiazole rings is 1. The Kier molecular flexibility index (Phi) is 6.27. The smallest absolute Gasteiger partial charge is 0.176 e. The molecule has 0 saturated heterocycles. The third-order valence-electron chi connectivity index (χ3n) is 4.74. The second-order valence-corrected chi connectivity index (χ2v) is 11.4. The maximum absolute atomic E-state index is 13.5. The average molecular weight is 470 g/mol. The van der Waals surface area contributed by atoms with E-state index in [2.05, 4.69) is 31.2 Å². The zero-order valence-corrected chi connectivity index (χ0v) is 19.5. The number of hydrogen-bond donors (Lipinski definition) is 0. The monoisotopic (exact) mass is 469 g/mol. The number of thioether (sulfide) groups is 1. The standard InChI is InChI=1S/C24H20FNO2S3/c1-16-7-9-17(10-8-16)15-29-24-26-22(18-11-13-19(25)14-12-18)23(30-24)20-5-3-4-6-21(20)31(2,27)28/h3-14H,15H2,1-2H3. The molecule has 0 aliphatic rings. The van der Waals surface area contributed by atoms with Gasteiger partial charge in [0.1, 0.15) is 5.82 Å². The molecule has 0 spiro atoms. The third-order valence-corrected chi connectivity index (χ3v) is 8.20. The van der Waals surface area contributed by atoms with Gasteiger partial charge in [-0.05, 0) is 42.8 Å². The number of halogens is 1. The number of rotatable bonds is 6. The molecule has 3 aromatic carbocycles. The van der Waals surface area contributed by atoms with Crippen LogP contribution in [-0.2, 0) is 15.6 Å². The van der Waals surface area contributed by atoms with Crippen LogP contribution in [0.1, 0.15) is 11.1 Å². The Hall–Kier alpha value is -2.48. The van der Waals surface area contributed by atoms with Crippen LogP contribution in [0, 0.1) is 12.7 Å². The summed E-state index contributed by atoms with van der Waals surface area (Å²) in [6.07, 6.45) is 1.21. The Labute approximate surface area is 189 Å². The van der Waals surface area contributed by atoms with Gasteiger partial charge in [0, 0.05) is 23.1 Å². The quantitative estimate of drug-likeness (QED) is 0.298. The largest absolute Gasteiger partial charge is 0.229 e. The van der Waals surface area contributed by atoms with E-state index in [0.717, 1.165) is 20.5 Å². The van der Waals surface area contributed by atoms with E-state index in [1.807, 2.05) is 6.07 Å². The van der Waals surface area contributed by atoms with Crippen LogP contribution in [-0.4, -0.2) is 19.7 Å². The van der Waals surface area contributed by atoms with Crippen molar-refractivity contribution in [1.29, 1.82) is 0 Å². The summed E-state index contributed by atoms with van der Waals surface area (Å²) in [5.41, 5.74) is 4.42. The van der Waals surface area contributed by atoms with Gasteiger partial charge in [-0.1, -0.05) is 59.8 Å². The highest BCUT2D eigenvalue weighted by Crippen LogP contribution is 2.43. The molecular weight excluding hydrogens is 449 g/mol. The molecule has 0 unspecified atom stereocenters. The fourth-order valence-electron chi connectivity index (χ4n) is 3.16. The molecule has 0 bridgehead atoms. The highest BCUT2D eigenvalue weighted by Gasteiger charge is 2.21. The Balaban J connectivity index is 1.78. The van der Waals surface area contributed by atoms with Crippen molar-refractivity contribution in [3.63, 3.8) is 0 Å². The SMILES string of the molecule is Cc1ccc(CSc2nc(-c3ccc(F)cc3)c(-c3ccccc3S(C)(=O)=O)s2)cc1. The zero-order chi connectivity index (χ0) is 22.0. The number of sulfone groups is 1. The van der Waals surface area contributed by atoms with Crippen molar-refractivity contribution in [2.24, 2.45) is 0 Å². The van der Waals surface area contributed by atoms with Gasteiger partial charge >= 0.3 is 0 Å². The van der Waals surface area contributed by atoms with E-state index >= 15 is 0 Å². The molecule has 4 rings (SSSR count). The Bertz CT molecular complexity index is 1310. The van der Waals surface area contributed by atoms with Crippen LogP contribution in [0.5, 0.6) is 0 Å². The van der Waals surface area contributed by atoms with Crippen molar-refractivity contribution in [2.75, 3.05) is 6.26 Å². The van der Waals surface area contributed by atoms with Gasteiger partial charge in [0.2, 0.25) is 0 Å². The maximum atomic E-state index is 13.5. The number of hydrogen-bond acceptors (Lipinski definition) is 5. The first kappa shape index (κ1) is 21.7. The molecule has 158 valence electrons. The minimum atomic E-state index is -3.43. The summed E-state index contributed by atoms with van der Waals surface area (Å²) < 4.78 is 39.1. The van der Waals surface area contributed by atoms with E-state index in [9.17, 15) is 12.8 Å². The molecule has 0 aliphatic carbocycles. The second kappa shape index (κ2) is 8.94. The number of aromatic nitrogens is 1. The number of benzene rings is 3. The first-order valence-electron chi connectivity index (χ1n) is 9.56. The lowest BCUT2D eigenvalue weighted by Gasteiger charge is -2.08. The van der Waals surface area contributed by atoms with E-state index in [1.54, 1.807) is 42.1 Å². The molecular formula is C24H20FNO2S3. The van der Waals surface area contributed by atoms with Gasteiger partial charge in [-0.25, -0.2) is 17.8 Å². The van der Waals surface area contributed by atoms with Crippen LogP contribution in [0.3, 0.4) is 0 Å². The Morgan fingerprint density at radius 3 is 2.32 bits per heavy atom. The molecule has 0 atom stereocenters. The Morgan fingerprint density at radius 1 is 0.968 bits per heavy atom. The molecule has 0 radical (unpaired) electrons. The summed E-state index contributed by atoms with van der Waals surface area (Å²) in [5.74, 6) is 0.426. The molecule has 0 saturated carbocycles. The van der Waals surface area contributed by atoms with Crippen molar-refractivity contribution in [2.45, 2.75) is 21.9 Å². The van der Waals surface area contributed by atoms with Crippen LogP contribution in [0.4, 0.5) is 4.39 Å². The molecule has 0 aliphatic heterocycles. The number of nitrogens with zero attached hydrogens (tertiary/aromatic N) is 1. The zero-order valence-electron chi connectivity index (χ0n) is 17.0. The lowest BCUT2D eigenvalue weighted by atomic mass is 10.1. The minimum Gasteiger partial charge on any atom is -0.229 e. The lowest BCUT2D eigenvalue weighted by Crippen LogP contribution is -1.99. The average Bonchev–Trinajstić information content (AvgIpc) is 3.17. The highest BCUT2D eigenvalue weighted by molar-refractivity contribution is 8.00. The van der Waals surface area contributed by atoms with E-state index in [0.29, 0.717) is 11.3 Å². The lowest BCUT2D eigenvalue weighted by molar-refractivity contribution is 0.602. The van der Waals surface area contributed by atoms with Gasteiger partial charge in [0.25, 0.3) is 0 Å². The Morgan fingerprint density at radius 2 is 1.65 bits per heavy atom. The predicted molar refractivity (Wildman–Crippen MR) is 127 cm³/mol. The molecule has 31 heavy (non-hydrogen) atoms. The van der Waals surface area contributed by atoms with Gasteiger partial charge in [-0.15, -0.1) is 11.3 Å².